The minimum Gasteiger partial charge on any atom is -0.339 e. The van der Waals surface area contributed by atoms with Gasteiger partial charge in [0.2, 0.25) is 5.91 Å². The first-order valence-electron chi connectivity index (χ1n) is 8.38. The number of sulfone groups is 1. The molecular weight excluding hydrogens is 344 g/mol. The van der Waals surface area contributed by atoms with Crippen molar-refractivity contribution in [2.45, 2.75) is 18.2 Å². The van der Waals surface area contributed by atoms with E-state index in [-0.39, 0.29) is 22.7 Å². The summed E-state index contributed by atoms with van der Waals surface area (Å²) in [4.78, 5) is 16.6. The third-order valence-electron chi connectivity index (χ3n) is 4.61. The predicted molar refractivity (Wildman–Crippen MR) is 97.8 cm³/mol. The van der Waals surface area contributed by atoms with Crippen molar-refractivity contribution in [2.24, 2.45) is 0 Å². The van der Waals surface area contributed by atoms with Crippen LogP contribution in [0.1, 0.15) is 12.0 Å². The van der Waals surface area contributed by atoms with Crippen LogP contribution in [0.3, 0.4) is 0 Å². The second-order valence-electron chi connectivity index (χ2n) is 6.48. The predicted octanol–water partition coefficient (Wildman–Crippen LogP) is 1.25. The Bertz CT molecular complexity index is 656. The molecule has 0 saturated carbocycles. The van der Waals surface area contributed by atoms with Crippen LogP contribution < -0.4 is 0 Å². The van der Waals surface area contributed by atoms with Gasteiger partial charge in [0.05, 0.1) is 17.3 Å². The normalized spacial score (nSPS) is 24.2. The monoisotopic (exact) mass is 368 g/mol. The molecule has 7 heteroatoms. The highest BCUT2D eigenvalue weighted by Gasteiger charge is 2.29. The maximum absolute atomic E-state index is 12.3. The number of benzene rings is 1. The van der Waals surface area contributed by atoms with Crippen LogP contribution in [0.25, 0.3) is 0 Å². The van der Waals surface area contributed by atoms with Crippen LogP contribution in [-0.2, 0) is 21.2 Å². The average Bonchev–Trinajstić information content (AvgIpc) is 2.93. The Hall–Kier alpha value is -1.05. The molecule has 0 unspecified atom stereocenters. The zero-order chi connectivity index (χ0) is 17.0. The number of nitrogens with zero attached hydrogens (tertiary/aromatic N) is 2. The van der Waals surface area contributed by atoms with Crippen LogP contribution in [0.4, 0.5) is 0 Å². The summed E-state index contributed by atoms with van der Waals surface area (Å²) in [5.74, 6) is 1.05. The highest BCUT2D eigenvalue weighted by atomic mass is 32.2. The topological polar surface area (TPSA) is 57.7 Å². The van der Waals surface area contributed by atoms with Gasteiger partial charge in [-0.05, 0) is 12.0 Å². The first-order valence-corrected chi connectivity index (χ1v) is 11.2. The summed E-state index contributed by atoms with van der Waals surface area (Å²) in [5, 5.41) is 0.0957. The smallest absolute Gasteiger partial charge is 0.232 e. The number of hydrogen-bond donors (Lipinski definition) is 0. The number of rotatable bonds is 5. The Morgan fingerprint density at radius 3 is 2.46 bits per heavy atom. The van der Waals surface area contributed by atoms with E-state index in [1.165, 1.54) is 17.3 Å². The Labute approximate surface area is 148 Å². The van der Waals surface area contributed by atoms with Gasteiger partial charge < -0.3 is 4.90 Å². The summed E-state index contributed by atoms with van der Waals surface area (Å²) in [6.07, 6.45) is 0.686. The largest absolute Gasteiger partial charge is 0.339 e. The van der Waals surface area contributed by atoms with Gasteiger partial charge in [-0.3, -0.25) is 9.69 Å². The summed E-state index contributed by atoms with van der Waals surface area (Å²) >= 11 is 1.51. The van der Waals surface area contributed by atoms with Crippen molar-refractivity contribution in [3.05, 3.63) is 35.9 Å². The van der Waals surface area contributed by atoms with Crippen molar-refractivity contribution < 1.29 is 13.2 Å². The molecule has 2 fully saturated rings. The molecule has 1 atom stereocenters. The molecule has 1 amide bonds. The first-order chi connectivity index (χ1) is 11.5. The quantitative estimate of drug-likeness (QED) is 0.783. The van der Waals surface area contributed by atoms with Gasteiger partial charge in [-0.1, -0.05) is 30.3 Å². The van der Waals surface area contributed by atoms with Gasteiger partial charge in [0, 0.05) is 38.0 Å². The molecule has 0 N–H and O–H groups in total. The highest BCUT2D eigenvalue weighted by molar-refractivity contribution is 8.02. The molecule has 0 aromatic heterocycles. The molecule has 132 valence electrons. The molecule has 0 aliphatic carbocycles. The molecule has 2 heterocycles. The Morgan fingerprint density at radius 1 is 1.12 bits per heavy atom. The minimum atomic E-state index is -2.86. The van der Waals surface area contributed by atoms with Crippen molar-refractivity contribution in [3.63, 3.8) is 0 Å². The number of thioether (sulfide) groups is 1. The fourth-order valence-electron chi connectivity index (χ4n) is 3.17. The molecule has 1 aromatic rings. The van der Waals surface area contributed by atoms with Gasteiger partial charge in [-0.15, -0.1) is 11.8 Å². The zero-order valence-corrected chi connectivity index (χ0v) is 15.4. The fraction of sp³-hybridized carbons (Fsp3) is 0.588. The molecule has 2 saturated heterocycles. The number of amides is 1. The van der Waals surface area contributed by atoms with Crippen LogP contribution in [0, 0.1) is 0 Å². The summed E-state index contributed by atoms with van der Waals surface area (Å²) in [7, 11) is -2.86. The van der Waals surface area contributed by atoms with Crippen LogP contribution in [-0.4, -0.2) is 72.8 Å². The lowest BCUT2D eigenvalue weighted by Crippen LogP contribution is -2.48. The Morgan fingerprint density at radius 2 is 1.83 bits per heavy atom. The van der Waals surface area contributed by atoms with E-state index >= 15 is 0 Å². The van der Waals surface area contributed by atoms with E-state index in [9.17, 15) is 13.2 Å². The third kappa shape index (κ3) is 4.97. The highest BCUT2D eigenvalue weighted by Crippen LogP contribution is 2.24. The van der Waals surface area contributed by atoms with E-state index in [0.717, 1.165) is 32.7 Å². The number of piperazine rings is 1. The van der Waals surface area contributed by atoms with Gasteiger partial charge in [0.1, 0.15) is 0 Å². The second kappa shape index (κ2) is 7.89. The minimum absolute atomic E-state index is 0.0957. The lowest BCUT2D eigenvalue weighted by molar-refractivity contribution is -0.130. The SMILES string of the molecule is O=C(CS[C@@H]1CCS(=O)(=O)C1)N1CCN(Cc2ccccc2)CC1. The third-order valence-corrected chi connectivity index (χ3v) is 7.87. The van der Waals surface area contributed by atoms with Crippen molar-refractivity contribution in [1.82, 2.24) is 9.80 Å². The van der Waals surface area contributed by atoms with Gasteiger partial charge in [0.25, 0.3) is 0 Å². The van der Waals surface area contributed by atoms with Crippen LogP contribution >= 0.6 is 11.8 Å². The fourth-order valence-corrected chi connectivity index (χ4v) is 6.71. The maximum atomic E-state index is 12.3. The molecule has 3 rings (SSSR count). The number of carbonyl (C=O) groups excluding carboxylic acids is 1. The van der Waals surface area contributed by atoms with Crippen molar-refractivity contribution in [2.75, 3.05) is 43.4 Å². The van der Waals surface area contributed by atoms with Crippen LogP contribution in [0.15, 0.2) is 30.3 Å². The van der Waals surface area contributed by atoms with Crippen LogP contribution in [0.5, 0.6) is 0 Å². The number of hydrogen-bond acceptors (Lipinski definition) is 5. The zero-order valence-electron chi connectivity index (χ0n) is 13.8. The summed E-state index contributed by atoms with van der Waals surface area (Å²) in [6, 6.07) is 10.4. The van der Waals surface area contributed by atoms with E-state index in [0.29, 0.717) is 12.2 Å². The van der Waals surface area contributed by atoms with E-state index in [2.05, 4.69) is 29.2 Å². The molecule has 24 heavy (non-hydrogen) atoms. The van der Waals surface area contributed by atoms with Crippen LogP contribution in [0.2, 0.25) is 0 Å². The lowest BCUT2D eigenvalue weighted by Gasteiger charge is -2.34. The number of carbonyl (C=O) groups is 1. The molecule has 2 aliphatic heterocycles. The van der Waals surface area contributed by atoms with Gasteiger partial charge in [-0.25, -0.2) is 8.42 Å². The van der Waals surface area contributed by atoms with Crippen molar-refractivity contribution >= 4 is 27.5 Å². The van der Waals surface area contributed by atoms with E-state index < -0.39 is 9.84 Å². The summed E-state index contributed by atoms with van der Waals surface area (Å²) < 4.78 is 22.9. The van der Waals surface area contributed by atoms with E-state index in [1.807, 2.05) is 11.0 Å². The molecule has 1 aromatic carbocycles. The Balaban J connectivity index is 1.39. The van der Waals surface area contributed by atoms with E-state index in [4.69, 9.17) is 0 Å². The lowest BCUT2D eigenvalue weighted by atomic mass is 10.2. The standard InChI is InChI=1S/C17H24N2O3S2/c20-17(13-23-16-6-11-24(21,22)14-16)19-9-7-18(8-10-19)12-15-4-2-1-3-5-15/h1-5,16H,6-14H2/t16-/m1/s1. The average molecular weight is 369 g/mol. The van der Waals surface area contributed by atoms with Gasteiger partial charge in [0.15, 0.2) is 9.84 Å². The second-order valence-corrected chi connectivity index (χ2v) is 10.00. The van der Waals surface area contributed by atoms with Gasteiger partial charge >= 0.3 is 0 Å². The molecule has 5 nitrogen and oxygen atoms in total. The molecular formula is C17H24N2O3S2. The van der Waals surface area contributed by atoms with E-state index in [1.54, 1.807) is 0 Å². The molecule has 0 spiro atoms. The molecule has 2 aliphatic rings. The molecule has 0 radical (unpaired) electrons. The first kappa shape index (κ1) is 17.8. The maximum Gasteiger partial charge on any atom is 0.232 e. The van der Waals surface area contributed by atoms with Crippen molar-refractivity contribution in [1.29, 1.82) is 0 Å². The summed E-state index contributed by atoms with van der Waals surface area (Å²) in [5.41, 5.74) is 1.30. The van der Waals surface area contributed by atoms with Crippen molar-refractivity contribution in [3.8, 4) is 0 Å². The summed E-state index contributed by atoms with van der Waals surface area (Å²) in [6.45, 7) is 4.23. The van der Waals surface area contributed by atoms with Gasteiger partial charge in [-0.2, -0.15) is 0 Å². The Kier molecular flexibility index (Phi) is 5.84. The molecule has 0 bridgehead atoms.